The molecule has 3 aliphatic carbocycles. The standard InChI is InChI=1S/C21H29ClN2O4/c1-18(2,3)27-16(25)23-24(17(26)28-19(4,5)6)21-11-20(12-21,13-21)14-7-9-15(22)10-8-14/h7-10H,11-13H2,1-6H3,(H,23,25). The lowest BCUT2D eigenvalue weighted by Crippen LogP contribution is -2.80. The van der Waals surface area contributed by atoms with Crippen molar-refractivity contribution in [1.82, 2.24) is 10.4 Å². The van der Waals surface area contributed by atoms with Crippen molar-refractivity contribution < 1.29 is 19.1 Å². The van der Waals surface area contributed by atoms with Crippen LogP contribution in [-0.2, 0) is 14.9 Å². The van der Waals surface area contributed by atoms with Gasteiger partial charge in [0.05, 0.1) is 5.54 Å². The smallest absolute Gasteiger partial charge is 0.429 e. The first-order valence-electron chi connectivity index (χ1n) is 9.53. The number of hydrazine groups is 1. The Morgan fingerprint density at radius 2 is 1.46 bits per heavy atom. The van der Waals surface area contributed by atoms with Crippen LogP contribution in [0, 0.1) is 0 Å². The number of hydrogen-bond donors (Lipinski definition) is 1. The summed E-state index contributed by atoms with van der Waals surface area (Å²) in [5, 5.41) is 2.04. The molecule has 0 heterocycles. The second-order valence-electron chi connectivity index (χ2n) is 9.97. The Kier molecular flexibility index (Phi) is 4.86. The number of nitrogens with zero attached hydrogens (tertiary/aromatic N) is 1. The number of rotatable bonds is 2. The molecule has 154 valence electrons. The van der Waals surface area contributed by atoms with Gasteiger partial charge in [-0.3, -0.25) is 0 Å². The monoisotopic (exact) mass is 408 g/mol. The molecule has 1 aromatic carbocycles. The van der Waals surface area contributed by atoms with E-state index in [1.165, 1.54) is 10.6 Å². The van der Waals surface area contributed by atoms with Crippen LogP contribution in [-0.4, -0.2) is 33.9 Å². The van der Waals surface area contributed by atoms with Crippen molar-refractivity contribution >= 4 is 23.8 Å². The topological polar surface area (TPSA) is 67.9 Å². The van der Waals surface area contributed by atoms with Gasteiger partial charge in [-0.15, -0.1) is 0 Å². The molecule has 0 spiro atoms. The molecule has 1 N–H and O–H groups in total. The zero-order chi connectivity index (χ0) is 21.0. The molecule has 7 heteroatoms. The van der Waals surface area contributed by atoms with Crippen LogP contribution in [0.2, 0.25) is 5.02 Å². The van der Waals surface area contributed by atoms with Crippen molar-refractivity contribution in [2.24, 2.45) is 0 Å². The maximum atomic E-state index is 12.8. The lowest BCUT2D eigenvalue weighted by molar-refractivity contribution is -0.177. The van der Waals surface area contributed by atoms with Gasteiger partial charge in [-0.1, -0.05) is 23.7 Å². The third-order valence-electron chi connectivity index (χ3n) is 5.11. The summed E-state index contributed by atoms with van der Waals surface area (Å²) in [5.41, 5.74) is 2.10. The second kappa shape index (κ2) is 6.55. The SMILES string of the molecule is CC(C)(C)OC(=O)NN(C(=O)OC(C)(C)C)C12CC(c3ccc(Cl)cc3)(C1)C2. The minimum Gasteiger partial charge on any atom is -0.443 e. The molecule has 0 aromatic heterocycles. The van der Waals surface area contributed by atoms with Crippen LogP contribution in [0.3, 0.4) is 0 Å². The highest BCUT2D eigenvalue weighted by molar-refractivity contribution is 6.30. The summed E-state index contributed by atoms with van der Waals surface area (Å²) >= 11 is 6.00. The first kappa shape index (κ1) is 20.8. The molecule has 2 amide bonds. The highest BCUT2D eigenvalue weighted by Gasteiger charge is 2.72. The highest BCUT2D eigenvalue weighted by atomic mass is 35.5. The molecular formula is C21H29ClN2O4. The van der Waals surface area contributed by atoms with Gasteiger partial charge in [0, 0.05) is 10.4 Å². The Morgan fingerprint density at radius 3 is 1.93 bits per heavy atom. The van der Waals surface area contributed by atoms with E-state index >= 15 is 0 Å². The van der Waals surface area contributed by atoms with Crippen molar-refractivity contribution in [2.75, 3.05) is 0 Å². The van der Waals surface area contributed by atoms with Crippen LogP contribution in [0.25, 0.3) is 0 Å². The Morgan fingerprint density at radius 1 is 0.964 bits per heavy atom. The van der Waals surface area contributed by atoms with E-state index in [2.05, 4.69) is 5.43 Å². The van der Waals surface area contributed by atoms with E-state index in [-0.39, 0.29) is 5.41 Å². The van der Waals surface area contributed by atoms with Crippen LogP contribution in [0.4, 0.5) is 9.59 Å². The van der Waals surface area contributed by atoms with E-state index < -0.39 is 28.9 Å². The number of nitrogens with one attached hydrogen (secondary N) is 1. The molecule has 6 nitrogen and oxygen atoms in total. The lowest BCUT2D eigenvalue weighted by Gasteiger charge is -2.72. The van der Waals surface area contributed by atoms with Gasteiger partial charge in [0.1, 0.15) is 11.2 Å². The first-order chi connectivity index (χ1) is 12.7. The van der Waals surface area contributed by atoms with E-state index in [0.717, 1.165) is 19.3 Å². The van der Waals surface area contributed by atoms with Crippen molar-refractivity contribution in [3.05, 3.63) is 34.9 Å². The number of ether oxygens (including phenoxy) is 2. The minimum absolute atomic E-state index is 0.0282. The van der Waals surface area contributed by atoms with Gasteiger partial charge in [0.2, 0.25) is 0 Å². The second-order valence-corrected chi connectivity index (χ2v) is 10.4. The quantitative estimate of drug-likeness (QED) is 0.683. The molecule has 3 fully saturated rings. The van der Waals surface area contributed by atoms with Crippen LogP contribution in [0.15, 0.2) is 24.3 Å². The predicted octanol–water partition coefficient (Wildman–Crippen LogP) is 5.19. The Balaban J connectivity index is 1.75. The molecule has 3 saturated carbocycles. The van der Waals surface area contributed by atoms with E-state index in [1.807, 2.05) is 24.3 Å². The maximum Gasteiger partial charge on any atom is 0.429 e. The zero-order valence-electron chi connectivity index (χ0n) is 17.4. The number of amides is 2. The number of hydrogen-bond acceptors (Lipinski definition) is 4. The Labute approximate surface area is 171 Å². The van der Waals surface area contributed by atoms with Crippen LogP contribution >= 0.6 is 11.6 Å². The molecule has 1 aromatic rings. The summed E-state index contributed by atoms with van der Waals surface area (Å²) in [5.74, 6) is 0. The normalized spacial score (nSPS) is 25.8. The molecule has 0 aliphatic heterocycles. The summed E-state index contributed by atoms with van der Waals surface area (Å²) in [7, 11) is 0. The molecule has 0 atom stereocenters. The van der Waals surface area contributed by atoms with Gasteiger partial charge in [-0.25, -0.2) is 20.0 Å². The zero-order valence-corrected chi connectivity index (χ0v) is 18.1. The maximum absolute atomic E-state index is 12.8. The van der Waals surface area contributed by atoms with E-state index in [1.54, 1.807) is 41.5 Å². The van der Waals surface area contributed by atoms with Crippen LogP contribution in [0.1, 0.15) is 66.4 Å². The van der Waals surface area contributed by atoms with E-state index in [0.29, 0.717) is 5.02 Å². The van der Waals surface area contributed by atoms with E-state index in [4.69, 9.17) is 21.1 Å². The summed E-state index contributed by atoms with van der Waals surface area (Å²) in [6, 6.07) is 7.83. The molecule has 4 rings (SSSR count). The van der Waals surface area contributed by atoms with Gasteiger partial charge in [0.15, 0.2) is 0 Å². The molecule has 0 saturated heterocycles. The van der Waals surface area contributed by atoms with Gasteiger partial charge in [-0.2, -0.15) is 0 Å². The number of carbonyl (C=O) groups excluding carboxylic acids is 2. The van der Waals surface area contributed by atoms with Crippen molar-refractivity contribution in [3.63, 3.8) is 0 Å². The summed E-state index contributed by atoms with van der Waals surface area (Å²) in [6.07, 6.45) is 1.05. The molecule has 28 heavy (non-hydrogen) atoms. The third kappa shape index (κ3) is 4.07. The lowest BCUT2D eigenvalue weighted by atomic mass is 9.37. The average Bonchev–Trinajstić information content (AvgIpc) is 2.41. The largest absolute Gasteiger partial charge is 0.443 e. The summed E-state index contributed by atoms with van der Waals surface area (Å²) < 4.78 is 10.9. The van der Waals surface area contributed by atoms with E-state index in [9.17, 15) is 9.59 Å². The summed E-state index contributed by atoms with van der Waals surface area (Å²) in [4.78, 5) is 25.2. The van der Waals surface area contributed by atoms with Gasteiger partial charge < -0.3 is 9.47 Å². The molecule has 0 unspecified atom stereocenters. The van der Waals surface area contributed by atoms with Crippen molar-refractivity contribution in [3.8, 4) is 0 Å². The third-order valence-corrected chi connectivity index (χ3v) is 5.36. The minimum atomic E-state index is -0.664. The molecule has 0 radical (unpaired) electrons. The van der Waals surface area contributed by atoms with Crippen molar-refractivity contribution in [2.45, 2.75) is 83.0 Å². The fraction of sp³-hybridized carbons (Fsp3) is 0.619. The fourth-order valence-electron chi connectivity index (χ4n) is 4.14. The highest BCUT2D eigenvalue weighted by Crippen LogP contribution is 2.70. The molecular weight excluding hydrogens is 380 g/mol. The predicted molar refractivity (Wildman–Crippen MR) is 107 cm³/mol. The summed E-state index contributed by atoms with van der Waals surface area (Å²) in [6.45, 7) is 10.7. The number of benzene rings is 1. The number of carbonyl (C=O) groups is 2. The fourth-order valence-corrected chi connectivity index (χ4v) is 4.26. The van der Waals surface area contributed by atoms with Crippen LogP contribution < -0.4 is 5.43 Å². The van der Waals surface area contributed by atoms with Crippen LogP contribution in [0.5, 0.6) is 0 Å². The Bertz CT molecular complexity index is 757. The van der Waals surface area contributed by atoms with Gasteiger partial charge >= 0.3 is 12.2 Å². The van der Waals surface area contributed by atoms with Gasteiger partial charge in [-0.05, 0) is 78.5 Å². The molecule has 2 bridgehead atoms. The van der Waals surface area contributed by atoms with Gasteiger partial charge in [0.25, 0.3) is 0 Å². The Hall–Kier alpha value is -1.95. The van der Waals surface area contributed by atoms with Crippen molar-refractivity contribution in [1.29, 1.82) is 0 Å². The average molecular weight is 409 g/mol. The number of halogens is 1. The first-order valence-corrected chi connectivity index (χ1v) is 9.91. The molecule has 3 aliphatic rings.